The summed E-state index contributed by atoms with van der Waals surface area (Å²) in [6, 6.07) is 2.69. The minimum atomic E-state index is -1.98. The van der Waals surface area contributed by atoms with Crippen molar-refractivity contribution in [2.45, 2.75) is 49.6 Å². The van der Waals surface area contributed by atoms with Crippen LogP contribution in [0.4, 0.5) is 10.1 Å². The minimum absolute atomic E-state index is 0.00846. The fourth-order valence-electron chi connectivity index (χ4n) is 4.63. The first-order valence-corrected chi connectivity index (χ1v) is 11.6. The first-order valence-electron chi connectivity index (χ1n) is 11.6. The highest BCUT2D eigenvalue weighted by Gasteiger charge is 2.48. The molecule has 3 aliphatic rings. The Morgan fingerprint density at radius 3 is 2.42 bits per heavy atom. The summed E-state index contributed by atoms with van der Waals surface area (Å²) in [5.41, 5.74) is -0.447. The van der Waals surface area contributed by atoms with Crippen molar-refractivity contribution in [3.63, 3.8) is 0 Å². The van der Waals surface area contributed by atoms with Gasteiger partial charge in [0, 0.05) is 43.8 Å². The Balaban J connectivity index is 1.50. The molecule has 5 rings (SSSR count). The lowest BCUT2D eigenvalue weighted by atomic mass is 9.99. The van der Waals surface area contributed by atoms with Gasteiger partial charge >= 0.3 is 11.9 Å². The smallest absolute Gasteiger partial charge is 0.346 e. The van der Waals surface area contributed by atoms with Crippen molar-refractivity contribution in [1.29, 1.82) is 0 Å². The molecule has 0 bridgehead atoms. The molecule has 1 saturated carbocycles. The predicted octanol–water partition coefficient (Wildman–Crippen LogP) is -1.07. The average molecular weight is 507 g/mol. The van der Waals surface area contributed by atoms with E-state index in [0.29, 0.717) is 37.4 Å². The van der Waals surface area contributed by atoms with Gasteiger partial charge in [-0.25, -0.2) is 14.0 Å². The summed E-state index contributed by atoms with van der Waals surface area (Å²) in [6.45, 7) is 2.59. The maximum Gasteiger partial charge on any atom is 0.346 e. The standard InChI is InChI=1S/C23H26FN3O9/c24-13-7-11-14(8-15(13)26-5-3-25-4-6-26)27(10-1-2-10)9-12(16(11)28)22(34)36-23-19(31)17(29)18(30)20(35-23)21(32)33/h7-10,17-20,23,25,29-31H,1-6H2,(H,32,33)/t17-,18-,19+,20-,23-/m0/s1. The summed E-state index contributed by atoms with van der Waals surface area (Å²) in [5, 5.41) is 42.2. The number of benzene rings is 1. The first-order chi connectivity index (χ1) is 17.2. The van der Waals surface area contributed by atoms with E-state index in [2.05, 4.69) is 5.32 Å². The number of halogens is 1. The van der Waals surface area contributed by atoms with Crippen LogP contribution in [0.15, 0.2) is 23.1 Å². The molecule has 1 aliphatic carbocycles. The van der Waals surface area contributed by atoms with Gasteiger partial charge < -0.3 is 44.7 Å². The molecule has 13 heteroatoms. The maximum atomic E-state index is 15.1. The number of fused-ring (bicyclic) bond motifs is 1. The molecule has 0 spiro atoms. The number of carboxylic acids is 1. The Morgan fingerprint density at radius 1 is 1.08 bits per heavy atom. The fourth-order valence-corrected chi connectivity index (χ4v) is 4.63. The largest absolute Gasteiger partial charge is 0.479 e. The third kappa shape index (κ3) is 4.33. The van der Waals surface area contributed by atoms with Crippen LogP contribution in [0.2, 0.25) is 0 Å². The van der Waals surface area contributed by atoms with Gasteiger partial charge in [-0.2, -0.15) is 0 Å². The van der Waals surface area contributed by atoms with E-state index in [1.165, 1.54) is 6.20 Å². The van der Waals surface area contributed by atoms with Gasteiger partial charge in [-0.3, -0.25) is 4.79 Å². The molecule has 1 aromatic carbocycles. The molecule has 194 valence electrons. The molecule has 0 amide bonds. The third-order valence-electron chi connectivity index (χ3n) is 6.75. The van der Waals surface area contributed by atoms with Gasteiger partial charge in [0.2, 0.25) is 11.7 Å². The Bertz CT molecular complexity index is 1260. The number of nitrogens with one attached hydrogen (secondary N) is 1. The van der Waals surface area contributed by atoms with Crippen molar-refractivity contribution in [2.75, 3.05) is 31.1 Å². The van der Waals surface area contributed by atoms with Crippen LogP contribution < -0.4 is 15.6 Å². The van der Waals surface area contributed by atoms with E-state index in [4.69, 9.17) is 9.47 Å². The van der Waals surface area contributed by atoms with Crippen LogP contribution in [0, 0.1) is 5.82 Å². The molecule has 2 aliphatic heterocycles. The van der Waals surface area contributed by atoms with Gasteiger partial charge in [-0.1, -0.05) is 0 Å². The molecule has 2 saturated heterocycles. The maximum absolute atomic E-state index is 15.1. The lowest BCUT2D eigenvalue weighted by molar-refractivity contribution is -0.278. The normalized spacial score (nSPS) is 28.8. The monoisotopic (exact) mass is 507 g/mol. The Morgan fingerprint density at radius 2 is 1.78 bits per heavy atom. The van der Waals surface area contributed by atoms with E-state index in [1.54, 1.807) is 10.6 Å². The fraction of sp³-hybridized carbons (Fsp3) is 0.522. The SMILES string of the molecule is O=C(O[C@@H]1O[C@H](C(=O)O)[C@@H](O)[C@H](O)[C@H]1O)c1cn(C2CC2)c2cc(N3CCNCC3)c(F)cc2c1=O. The molecular formula is C23H26FN3O9. The summed E-state index contributed by atoms with van der Waals surface area (Å²) in [7, 11) is 0. The van der Waals surface area contributed by atoms with Crippen molar-refractivity contribution in [3.8, 4) is 0 Å². The molecule has 1 aromatic heterocycles. The average Bonchev–Trinajstić information content (AvgIpc) is 3.70. The topological polar surface area (TPSA) is 171 Å². The van der Waals surface area contributed by atoms with E-state index in [-0.39, 0.29) is 11.4 Å². The molecule has 5 N–H and O–H groups in total. The van der Waals surface area contributed by atoms with E-state index < -0.39 is 59.5 Å². The summed E-state index contributed by atoms with van der Waals surface area (Å²) in [6.07, 6.45) is -6.96. The van der Waals surface area contributed by atoms with Crippen LogP contribution in [0.25, 0.3) is 10.9 Å². The number of piperazine rings is 1. The van der Waals surface area contributed by atoms with Crippen LogP contribution in [-0.4, -0.2) is 93.8 Å². The van der Waals surface area contributed by atoms with Crippen LogP contribution in [-0.2, 0) is 14.3 Å². The van der Waals surface area contributed by atoms with E-state index in [9.17, 15) is 34.8 Å². The highest BCUT2D eigenvalue weighted by molar-refractivity contribution is 5.95. The number of hydrogen-bond acceptors (Lipinski definition) is 10. The van der Waals surface area contributed by atoms with E-state index in [1.807, 2.05) is 4.90 Å². The number of pyridine rings is 1. The Labute approximate surface area is 203 Å². The van der Waals surface area contributed by atoms with Crippen molar-refractivity contribution in [1.82, 2.24) is 9.88 Å². The van der Waals surface area contributed by atoms with Gasteiger partial charge in [0.1, 0.15) is 29.7 Å². The van der Waals surface area contributed by atoms with Crippen molar-refractivity contribution < 1.29 is 43.9 Å². The number of anilines is 1. The van der Waals surface area contributed by atoms with Gasteiger partial charge in [0.15, 0.2) is 6.10 Å². The van der Waals surface area contributed by atoms with Crippen LogP contribution in [0.3, 0.4) is 0 Å². The number of esters is 1. The Kier molecular flexibility index (Phi) is 6.43. The number of aromatic nitrogens is 1. The van der Waals surface area contributed by atoms with Gasteiger partial charge in [0.25, 0.3) is 0 Å². The summed E-state index contributed by atoms with van der Waals surface area (Å²) in [5.74, 6) is -3.51. The van der Waals surface area contributed by atoms with Gasteiger partial charge in [0.05, 0.1) is 11.2 Å². The molecule has 3 fully saturated rings. The second-order valence-electron chi connectivity index (χ2n) is 9.21. The van der Waals surface area contributed by atoms with E-state index in [0.717, 1.165) is 18.9 Å². The zero-order chi connectivity index (χ0) is 25.7. The highest BCUT2D eigenvalue weighted by Crippen LogP contribution is 2.38. The van der Waals surface area contributed by atoms with Gasteiger partial charge in [-0.15, -0.1) is 0 Å². The molecule has 5 atom stereocenters. The number of aliphatic carboxylic acids is 1. The third-order valence-corrected chi connectivity index (χ3v) is 6.75. The van der Waals surface area contributed by atoms with Crippen molar-refractivity contribution in [2.24, 2.45) is 0 Å². The van der Waals surface area contributed by atoms with Crippen LogP contribution >= 0.6 is 0 Å². The second kappa shape index (κ2) is 9.41. The Hall–Kier alpha value is -3.10. The molecular weight excluding hydrogens is 481 g/mol. The van der Waals surface area contributed by atoms with Gasteiger partial charge in [-0.05, 0) is 25.0 Å². The molecule has 36 heavy (non-hydrogen) atoms. The molecule has 3 heterocycles. The number of aliphatic hydroxyl groups excluding tert-OH is 3. The number of carbonyl (C=O) groups is 2. The summed E-state index contributed by atoms with van der Waals surface area (Å²) >= 11 is 0. The second-order valence-corrected chi connectivity index (χ2v) is 9.21. The molecule has 12 nitrogen and oxygen atoms in total. The summed E-state index contributed by atoms with van der Waals surface area (Å²) in [4.78, 5) is 39.4. The highest BCUT2D eigenvalue weighted by atomic mass is 19.1. The number of ether oxygens (including phenoxy) is 2. The quantitative estimate of drug-likeness (QED) is 0.312. The predicted molar refractivity (Wildman–Crippen MR) is 121 cm³/mol. The zero-order valence-electron chi connectivity index (χ0n) is 19.0. The van der Waals surface area contributed by atoms with Crippen LogP contribution in [0.1, 0.15) is 29.2 Å². The number of nitrogens with zero attached hydrogens (tertiary/aromatic N) is 2. The number of carboxylic acid groups (broad SMARTS) is 1. The zero-order valence-corrected chi connectivity index (χ0v) is 19.0. The number of carbonyl (C=O) groups excluding carboxylic acids is 1. The molecule has 0 radical (unpaired) electrons. The lowest BCUT2D eigenvalue weighted by Gasteiger charge is -2.37. The number of aliphatic hydroxyl groups is 3. The van der Waals surface area contributed by atoms with Crippen molar-refractivity contribution >= 4 is 28.5 Å². The first kappa shape index (κ1) is 24.6. The van der Waals surface area contributed by atoms with Crippen LogP contribution in [0.5, 0.6) is 0 Å². The number of rotatable bonds is 5. The number of hydrogen-bond donors (Lipinski definition) is 5. The summed E-state index contributed by atoms with van der Waals surface area (Å²) < 4.78 is 26.8. The molecule has 2 aromatic rings. The minimum Gasteiger partial charge on any atom is -0.479 e. The lowest BCUT2D eigenvalue weighted by Crippen LogP contribution is -2.60. The van der Waals surface area contributed by atoms with Crippen molar-refractivity contribution in [3.05, 3.63) is 39.9 Å². The molecule has 0 unspecified atom stereocenters. The van der Waals surface area contributed by atoms with E-state index >= 15 is 4.39 Å².